The molecule has 0 amide bonds. The number of hydrogen-bond donors (Lipinski definition) is 1. The fourth-order valence-electron chi connectivity index (χ4n) is 2.64. The fraction of sp³-hybridized carbons (Fsp3) is 0.300. The van der Waals surface area contributed by atoms with Crippen molar-refractivity contribution in [3.63, 3.8) is 0 Å². The van der Waals surface area contributed by atoms with Crippen molar-refractivity contribution in [2.75, 3.05) is 0 Å². The van der Waals surface area contributed by atoms with E-state index in [0.29, 0.717) is 12.8 Å². The monoisotopic (exact) mass is 344 g/mol. The summed E-state index contributed by atoms with van der Waals surface area (Å²) in [7, 11) is -3.62. The van der Waals surface area contributed by atoms with Gasteiger partial charge >= 0.3 is 0 Å². The molecule has 0 aliphatic rings. The predicted molar refractivity (Wildman–Crippen MR) is 97.7 cm³/mol. The standard InChI is InChI=1S/C20H24O3S/c1-3-7-20(19(21)15-12-17-8-5-4-6-9-17)24(22,23)18-13-10-16(2)11-14-18/h3-11,13-14,19-21H,12,15H2,1-2H3/b7-3+. The first-order chi connectivity index (χ1) is 11.4. The second-order valence-corrected chi connectivity index (χ2v) is 8.05. The van der Waals surface area contributed by atoms with Gasteiger partial charge in [-0.05, 0) is 44.4 Å². The van der Waals surface area contributed by atoms with E-state index in [1.54, 1.807) is 43.3 Å². The topological polar surface area (TPSA) is 54.4 Å². The highest BCUT2D eigenvalue weighted by Crippen LogP contribution is 2.22. The van der Waals surface area contributed by atoms with Crippen LogP contribution >= 0.6 is 0 Å². The van der Waals surface area contributed by atoms with Crippen molar-refractivity contribution < 1.29 is 13.5 Å². The van der Waals surface area contributed by atoms with Crippen molar-refractivity contribution in [1.29, 1.82) is 0 Å². The van der Waals surface area contributed by atoms with Crippen molar-refractivity contribution in [1.82, 2.24) is 0 Å². The number of aryl methyl sites for hydroxylation is 2. The van der Waals surface area contributed by atoms with Crippen molar-refractivity contribution in [3.8, 4) is 0 Å². The Morgan fingerprint density at radius 1 is 1.04 bits per heavy atom. The molecule has 4 heteroatoms. The van der Waals surface area contributed by atoms with Crippen LogP contribution in [0.5, 0.6) is 0 Å². The maximum absolute atomic E-state index is 12.9. The van der Waals surface area contributed by atoms with E-state index in [2.05, 4.69) is 0 Å². The van der Waals surface area contributed by atoms with Crippen LogP contribution in [0.3, 0.4) is 0 Å². The largest absolute Gasteiger partial charge is 0.391 e. The van der Waals surface area contributed by atoms with Crippen molar-refractivity contribution in [2.24, 2.45) is 0 Å². The van der Waals surface area contributed by atoms with E-state index in [1.165, 1.54) is 0 Å². The van der Waals surface area contributed by atoms with Crippen LogP contribution in [0, 0.1) is 6.92 Å². The number of benzene rings is 2. The van der Waals surface area contributed by atoms with Crippen molar-refractivity contribution in [2.45, 2.75) is 42.9 Å². The molecule has 0 radical (unpaired) electrons. The summed E-state index contributed by atoms with van der Waals surface area (Å²) in [6.07, 6.45) is 3.34. The van der Waals surface area contributed by atoms with Crippen LogP contribution in [0.4, 0.5) is 0 Å². The minimum Gasteiger partial charge on any atom is -0.391 e. The van der Waals surface area contributed by atoms with E-state index >= 15 is 0 Å². The van der Waals surface area contributed by atoms with Crippen LogP contribution in [-0.4, -0.2) is 24.9 Å². The van der Waals surface area contributed by atoms with Crippen LogP contribution in [-0.2, 0) is 16.3 Å². The van der Waals surface area contributed by atoms with E-state index in [0.717, 1.165) is 11.1 Å². The average molecular weight is 344 g/mol. The van der Waals surface area contributed by atoms with E-state index < -0.39 is 21.2 Å². The third-order valence-electron chi connectivity index (χ3n) is 4.04. The molecule has 0 aromatic heterocycles. The van der Waals surface area contributed by atoms with Gasteiger partial charge in [-0.3, -0.25) is 0 Å². The van der Waals surface area contributed by atoms with Gasteiger partial charge in [-0.15, -0.1) is 0 Å². The molecule has 2 atom stereocenters. The molecule has 2 aromatic carbocycles. The van der Waals surface area contributed by atoms with Crippen LogP contribution in [0.2, 0.25) is 0 Å². The summed E-state index contributed by atoms with van der Waals surface area (Å²) < 4.78 is 25.8. The van der Waals surface area contributed by atoms with Crippen LogP contribution in [0.25, 0.3) is 0 Å². The highest BCUT2D eigenvalue weighted by molar-refractivity contribution is 7.92. The van der Waals surface area contributed by atoms with Crippen LogP contribution in [0.15, 0.2) is 71.6 Å². The summed E-state index contributed by atoms with van der Waals surface area (Å²) >= 11 is 0. The van der Waals surface area contributed by atoms with E-state index in [4.69, 9.17) is 0 Å². The maximum atomic E-state index is 12.9. The van der Waals surface area contributed by atoms with Crippen molar-refractivity contribution in [3.05, 3.63) is 77.9 Å². The predicted octanol–water partition coefficient (Wildman–Crippen LogP) is 3.71. The SMILES string of the molecule is C/C=C/C(C(O)CCc1ccccc1)S(=O)(=O)c1ccc(C)cc1. The summed E-state index contributed by atoms with van der Waals surface area (Å²) in [5.74, 6) is 0. The number of hydrogen-bond acceptors (Lipinski definition) is 3. The number of rotatable bonds is 7. The summed E-state index contributed by atoms with van der Waals surface area (Å²) in [6.45, 7) is 3.68. The molecule has 1 N–H and O–H groups in total. The van der Waals surface area contributed by atoms with Gasteiger partial charge in [-0.1, -0.05) is 60.2 Å². The Bertz CT molecular complexity index is 762. The average Bonchev–Trinajstić information content (AvgIpc) is 2.58. The minimum atomic E-state index is -3.62. The smallest absolute Gasteiger partial charge is 0.187 e. The Morgan fingerprint density at radius 3 is 2.25 bits per heavy atom. The summed E-state index contributed by atoms with van der Waals surface area (Å²) in [6, 6.07) is 16.5. The summed E-state index contributed by atoms with van der Waals surface area (Å²) in [4.78, 5) is 0.245. The van der Waals surface area contributed by atoms with E-state index in [1.807, 2.05) is 37.3 Å². The normalized spacial score (nSPS) is 14.6. The molecular formula is C20H24O3S. The number of sulfone groups is 1. The molecule has 3 nitrogen and oxygen atoms in total. The lowest BCUT2D eigenvalue weighted by atomic mass is 10.0. The third kappa shape index (κ3) is 4.56. The minimum absolute atomic E-state index is 0.245. The second-order valence-electron chi connectivity index (χ2n) is 5.94. The lowest BCUT2D eigenvalue weighted by Gasteiger charge is -2.20. The molecule has 128 valence electrons. The molecule has 2 rings (SSSR count). The zero-order chi connectivity index (χ0) is 17.6. The lowest BCUT2D eigenvalue weighted by molar-refractivity contribution is 0.170. The Labute approximate surface area is 144 Å². The van der Waals surface area contributed by atoms with Crippen LogP contribution < -0.4 is 0 Å². The Morgan fingerprint density at radius 2 is 1.67 bits per heavy atom. The molecule has 0 fully saturated rings. The second kappa shape index (κ2) is 8.27. The van der Waals surface area contributed by atoms with Crippen molar-refractivity contribution >= 4 is 9.84 Å². The molecular weight excluding hydrogens is 320 g/mol. The number of aliphatic hydroxyl groups excluding tert-OH is 1. The molecule has 0 aliphatic carbocycles. The van der Waals surface area contributed by atoms with Gasteiger partial charge in [0, 0.05) is 0 Å². The fourth-order valence-corrected chi connectivity index (χ4v) is 4.38. The first-order valence-corrected chi connectivity index (χ1v) is 9.65. The maximum Gasteiger partial charge on any atom is 0.187 e. The molecule has 0 bridgehead atoms. The van der Waals surface area contributed by atoms with E-state index in [-0.39, 0.29) is 4.90 Å². The van der Waals surface area contributed by atoms with Gasteiger partial charge in [0.05, 0.1) is 11.0 Å². The third-order valence-corrected chi connectivity index (χ3v) is 6.16. The highest BCUT2D eigenvalue weighted by atomic mass is 32.2. The Hall–Kier alpha value is -1.91. The quantitative estimate of drug-likeness (QED) is 0.779. The zero-order valence-corrected chi connectivity index (χ0v) is 14.9. The summed E-state index contributed by atoms with van der Waals surface area (Å²) in [5.41, 5.74) is 2.09. The number of aliphatic hydroxyl groups is 1. The van der Waals surface area contributed by atoms with Gasteiger partial charge in [-0.2, -0.15) is 0 Å². The lowest BCUT2D eigenvalue weighted by Crippen LogP contribution is -2.33. The van der Waals surface area contributed by atoms with E-state index in [9.17, 15) is 13.5 Å². The van der Waals surface area contributed by atoms with Gasteiger partial charge in [0.25, 0.3) is 0 Å². The van der Waals surface area contributed by atoms with Gasteiger partial charge in [0.15, 0.2) is 9.84 Å². The van der Waals surface area contributed by atoms with Gasteiger partial charge in [0.2, 0.25) is 0 Å². The number of allylic oxidation sites excluding steroid dienone is 1. The Kier molecular flexibility index (Phi) is 6.35. The molecule has 0 aliphatic heterocycles. The van der Waals surface area contributed by atoms with Crippen LogP contribution in [0.1, 0.15) is 24.5 Å². The molecule has 2 unspecified atom stereocenters. The van der Waals surface area contributed by atoms with Gasteiger partial charge < -0.3 is 5.11 Å². The first-order valence-electron chi connectivity index (χ1n) is 8.10. The zero-order valence-electron chi connectivity index (χ0n) is 14.1. The first kappa shape index (κ1) is 18.4. The molecule has 0 spiro atoms. The molecule has 24 heavy (non-hydrogen) atoms. The summed E-state index contributed by atoms with van der Waals surface area (Å²) in [5, 5.41) is 9.59. The molecule has 0 heterocycles. The van der Waals surface area contributed by atoms with Gasteiger partial charge in [-0.25, -0.2) is 8.42 Å². The molecule has 0 saturated carbocycles. The Balaban J connectivity index is 2.19. The molecule has 0 saturated heterocycles. The van der Waals surface area contributed by atoms with Gasteiger partial charge in [0.1, 0.15) is 5.25 Å². The highest BCUT2D eigenvalue weighted by Gasteiger charge is 2.31. The molecule has 2 aromatic rings.